The van der Waals surface area contributed by atoms with E-state index >= 15 is 0 Å². The van der Waals surface area contributed by atoms with Gasteiger partial charge in [0.15, 0.2) is 0 Å². The summed E-state index contributed by atoms with van der Waals surface area (Å²) in [7, 11) is 4.01. The quantitative estimate of drug-likeness (QED) is 0.483. The molecule has 0 aliphatic rings. The van der Waals surface area contributed by atoms with Crippen LogP contribution in [-0.4, -0.2) is 38.0 Å². The number of nitrogens with one attached hydrogen (secondary N) is 1. The molecule has 94 valence electrons. The molecule has 0 aromatic heterocycles. The van der Waals surface area contributed by atoms with E-state index < -0.39 is 0 Å². The molecule has 0 saturated heterocycles. The molecule has 0 fully saturated rings. The molecule has 0 bridgehead atoms. The van der Waals surface area contributed by atoms with E-state index in [1.165, 1.54) is 0 Å². The minimum absolute atomic E-state index is 0.182. The SMILES string of the molecule is CC/C=C/CCCCC(=O)NCCN(C)C. The number of carbonyl (C=O) groups is 1. The first-order valence-corrected chi connectivity index (χ1v) is 6.23. The van der Waals surface area contributed by atoms with Crippen LogP contribution in [-0.2, 0) is 4.79 Å². The van der Waals surface area contributed by atoms with Crippen LogP contribution in [0.25, 0.3) is 0 Å². The van der Waals surface area contributed by atoms with Gasteiger partial charge in [-0.2, -0.15) is 0 Å². The smallest absolute Gasteiger partial charge is 0.220 e. The maximum Gasteiger partial charge on any atom is 0.220 e. The molecular weight excluding hydrogens is 200 g/mol. The first kappa shape index (κ1) is 15.2. The van der Waals surface area contributed by atoms with Gasteiger partial charge in [-0.15, -0.1) is 0 Å². The number of amides is 1. The fraction of sp³-hybridized carbons (Fsp3) is 0.769. The van der Waals surface area contributed by atoms with Crippen molar-refractivity contribution in [2.75, 3.05) is 27.2 Å². The van der Waals surface area contributed by atoms with Crippen molar-refractivity contribution in [1.82, 2.24) is 10.2 Å². The van der Waals surface area contributed by atoms with E-state index in [-0.39, 0.29) is 5.91 Å². The summed E-state index contributed by atoms with van der Waals surface area (Å²) in [5.41, 5.74) is 0. The lowest BCUT2D eigenvalue weighted by Gasteiger charge is -2.10. The first-order chi connectivity index (χ1) is 7.66. The number of nitrogens with zero attached hydrogens (tertiary/aromatic N) is 1. The average Bonchev–Trinajstić information content (AvgIpc) is 2.22. The molecule has 0 saturated carbocycles. The van der Waals surface area contributed by atoms with E-state index in [0.717, 1.165) is 38.8 Å². The molecule has 0 radical (unpaired) electrons. The second-order valence-electron chi connectivity index (χ2n) is 4.28. The minimum Gasteiger partial charge on any atom is -0.355 e. The molecule has 0 heterocycles. The molecule has 0 rings (SSSR count). The van der Waals surface area contributed by atoms with Crippen molar-refractivity contribution in [3.05, 3.63) is 12.2 Å². The van der Waals surface area contributed by atoms with Gasteiger partial charge in [0.1, 0.15) is 0 Å². The molecule has 16 heavy (non-hydrogen) atoms. The Hall–Kier alpha value is -0.830. The summed E-state index contributed by atoms with van der Waals surface area (Å²) >= 11 is 0. The highest BCUT2D eigenvalue weighted by atomic mass is 16.1. The molecular formula is C13H26N2O. The summed E-state index contributed by atoms with van der Waals surface area (Å²) in [6.07, 6.45) is 9.33. The van der Waals surface area contributed by atoms with Gasteiger partial charge in [0, 0.05) is 19.5 Å². The van der Waals surface area contributed by atoms with E-state index in [2.05, 4.69) is 29.3 Å². The second kappa shape index (κ2) is 10.7. The Bertz CT molecular complexity index is 200. The minimum atomic E-state index is 0.182. The van der Waals surface area contributed by atoms with Crippen LogP contribution in [0.2, 0.25) is 0 Å². The Kier molecular flexibility index (Phi) is 10.1. The predicted molar refractivity (Wildman–Crippen MR) is 69.5 cm³/mol. The van der Waals surface area contributed by atoms with Gasteiger partial charge in [0.25, 0.3) is 0 Å². The zero-order valence-electron chi connectivity index (χ0n) is 11.0. The lowest BCUT2D eigenvalue weighted by molar-refractivity contribution is -0.121. The van der Waals surface area contributed by atoms with Crippen LogP contribution in [0.15, 0.2) is 12.2 Å². The molecule has 3 heteroatoms. The van der Waals surface area contributed by atoms with Gasteiger partial charge >= 0.3 is 0 Å². The van der Waals surface area contributed by atoms with Crippen LogP contribution in [0.3, 0.4) is 0 Å². The third kappa shape index (κ3) is 11.2. The summed E-state index contributed by atoms with van der Waals surface area (Å²) in [5, 5.41) is 2.92. The summed E-state index contributed by atoms with van der Waals surface area (Å²) in [6, 6.07) is 0. The molecule has 1 amide bonds. The van der Waals surface area contributed by atoms with E-state index in [1.54, 1.807) is 0 Å². The van der Waals surface area contributed by atoms with Gasteiger partial charge in [0.2, 0.25) is 5.91 Å². The predicted octanol–water partition coefficient (Wildman–Crippen LogP) is 2.19. The Morgan fingerprint density at radius 2 is 2.00 bits per heavy atom. The van der Waals surface area contributed by atoms with Gasteiger partial charge < -0.3 is 10.2 Å². The lowest BCUT2D eigenvalue weighted by Crippen LogP contribution is -2.31. The molecule has 0 aromatic carbocycles. The zero-order chi connectivity index (χ0) is 12.2. The summed E-state index contributed by atoms with van der Waals surface area (Å²) in [4.78, 5) is 13.4. The molecule has 3 nitrogen and oxygen atoms in total. The van der Waals surface area contributed by atoms with Gasteiger partial charge in [0.05, 0.1) is 0 Å². The normalized spacial score (nSPS) is 11.2. The topological polar surface area (TPSA) is 32.3 Å². The molecule has 0 aromatic rings. The van der Waals surface area contributed by atoms with Gasteiger partial charge in [-0.3, -0.25) is 4.79 Å². The van der Waals surface area contributed by atoms with Crippen molar-refractivity contribution in [1.29, 1.82) is 0 Å². The Morgan fingerprint density at radius 1 is 1.25 bits per heavy atom. The van der Waals surface area contributed by atoms with Crippen molar-refractivity contribution < 1.29 is 4.79 Å². The Morgan fingerprint density at radius 3 is 2.62 bits per heavy atom. The number of hydrogen-bond acceptors (Lipinski definition) is 2. The number of likely N-dealkylation sites (N-methyl/N-ethyl adjacent to an activating group) is 1. The number of rotatable bonds is 9. The number of allylic oxidation sites excluding steroid dienone is 2. The maximum absolute atomic E-state index is 11.4. The van der Waals surface area contributed by atoms with Crippen molar-refractivity contribution in [3.8, 4) is 0 Å². The highest BCUT2D eigenvalue weighted by Crippen LogP contribution is 2.01. The number of unbranched alkanes of at least 4 members (excludes halogenated alkanes) is 2. The van der Waals surface area contributed by atoms with E-state index in [4.69, 9.17) is 0 Å². The fourth-order valence-electron chi connectivity index (χ4n) is 1.34. The third-order valence-electron chi connectivity index (χ3n) is 2.31. The van der Waals surface area contributed by atoms with Gasteiger partial charge in [-0.25, -0.2) is 0 Å². The van der Waals surface area contributed by atoms with Crippen LogP contribution < -0.4 is 5.32 Å². The summed E-state index contributed by atoms with van der Waals surface area (Å²) in [6.45, 7) is 3.79. The van der Waals surface area contributed by atoms with Crippen molar-refractivity contribution in [3.63, 3.8) is 0 Å². The number of carbonyl (C=O) groups excluding carboxylic acids is 1. The molecule has 0 unspecified atom stereocenters. The van der Waals surface area contributed by atoms with Gasteiger partial charge in [-0.1, -0.05) is 19.1 Å². The van der Waals surface area contributed by atoms with Crippen LogP contribution in [0, 0.1) is 0 Å². The highest BCUT2D eigenvalue weighted by Gasteiger charge is 1.99. The Labute approximate surface area is 99.9 Å². The third-order valence-corrected chi connectivity index (χ3v) is 2.31. The summed E-state index contributed by atoms with van der Waals surface area (Å²) in [5.74, 6) is 0.182. The lowest BCUT2D eigenvalue weighted by atomic mass is 10.2. The van der Waals surface area contributed by atoms with Crippen molar-refractivity contribution in [2.24, 2.45) is 0 Å². The van der Waals surface area contributed by atoms with Crippen LogP contribution in [0.1, 0.15) is 39.0 Å². The molecule has 0 spiro atoms. The second-order valence-corrected chi connectivity index (χ2v) is 4.28. The van der Waals surface area contributed by atoms with E-state index in [1.807, 2.05) is 14.1 Å². The van der Waals surface area contributed by atoms with Crippen molar-refractivity contribution >= 4 is 5.91 Å². The van der Waals surface area contributed by atoms with E-state index in [9.17, 15) is 4.79 Å². The first-order valence-electron chi connectivity index (χ1n) is 6.23. The van der Waals surface area contributed by atoms with Crippen LogP contribution in [0.4, 0.5) is 0 Å². The largest absolute Gasteiger partial charge is 0.355 e. The van der Waals surface area contributed by atoms with E-state index in [0.29, 0.717) is 6.42 Å². The van der Waals surface area contributed by atoms with Crippen LogP contribution >= 0.6 is 0 Å². The maximum atomic E-state index is 11.4. The zero-order valence-corrected chi connectivity index (χ0v) is 11.0. The van der Waals surface area contributed by atoms with Gasteiger partial charge in [-0.05, 0) is 39.8 Å². The fourth-order valence-corrected chi connectivity index (χ4v) is 1.34. The molecule has 0 aliphatic heterocycles. The monoisotopic (exact) mass is 226 g/mol. The molecule has 1 N–H and O–H groups in total. The number of hydrogen-bond donors (Lipinski definition) is 1. The van der Waals surface area contributed by atoms with Crippen LogP contribution in [0.5, 0.6) is 0 Å². The average molecular weight is 226 g/mol. The van der Waals surface area contributed by atoms with Crippen molar-refractivity contribution in [2.45, 2.75) is 39.0 Å². The standard InChI is InChI=1S/C13H26N2O/c1-4-5-6-7-8-9-10-13(16)14-11-12-15(2)3/h5-6H,4,7-12H2,1-3H3,(H,14,16)/b6-5+. The summed E-state index contributed by atoms with van der Waals surface area (Å²) < 4.78 is 0. The highest BCUT2D eigenvalue weighted by molar-refractivity contribution is 5.75. The Balaban J connectivity index is 3.27. The molecule has 0 aliphatic carbocycles. The molecule has 0 atom stereocenters.